The van der Waals surface area contributed by atoms with Crippen LogP contribution < -0.4 is 4.74 Å². The number of thiophene rings is 1. The lowest BCUT2D eigenvalue weighted by atomic mass is 9.74. The van der Waals surface area contributed by atoms with Gasteiger partial charge in [0.25, 0.3) is 0 Å². The summed E-state index contributed by atoms with van der Waals surface area (Å²) in [7, 11) is 0. The lowest BCUT2D eigenvalue weighted by molar-refractivity contribution is 0.0216. The van der Waals surface area contributed by atoms with Gasteiger partial charge in [-0.25, -0.2) is 0 Å². The van der Waals surface area contributed by atoms with E-state index in [1.807, 2.05) is 33.8 Å². The van der Waals surface area contributed by atoms with Gasteiger partial charge in [0.1, 0.15) is 12.4 Å². The fraction of sp³-hybridized carbons (Fsp3) is 0.560. The van der Waals surface area contributed by atoms with E-state index < -0.39 is 6.10 Å². The first-order valence-electron chi connectivity index (χ1n) is 10.5. The van der Waals surface area contributed by atoms with E-state index in [0.717, 1.165) is 34.6 Å². The Hall–Kier alpha value is -1.65. The Morgan fingerprint density at radius 1 is 1.10 bits per heavy atom. The molecule has 1 N–H and O–H groups in total. The molecule has 1 aromatic heterocycles. The maximum atomic E-state index is 12.0. The van der Waals surface area contributed by atoms with Crippen LogP contribution in [0.4, 0.5) is 0 Å². The monoisotopic (exact) mass is 416 g/mol. The summed E-state index contributed by atoms with van der Waals surface area (Å²) >= 11 is 1.63. The molecule has 0 aliphatic heterocycles. The smallest absolute Gasteiger partial charge is 0.169 e. The quantitative estimate of drug-likeness (QED) is 0.502. The second kappa shape index (κ2) is 9.01. The number of hydrogen-bond donors (Lipinski definition) is 1. The van der Waals surface area contributed by atoms with Crippen LogP contribution in [0.2, 0.25) is 0 Å². The minimum atomic E-state index is -0.522. The summed E-state index contributed by atoms with van der Waals surface area (Å²) in [5.74, 6) is 0.946. The number of aliphatic hydroxyl groups is 1. The Labute approximate surface area is 180 Å². The van der Waals surface area contributed by atoms with E-state index in [-0.39, 0.29) is 23.2 Å². The number of benzene rings is 1. The van der Waals surface area contributed by atoms with Crippen LogP contribution in [0.1, 0.15) is 85.6 Å². The van der Waals surface area contributed by atoms with E-state index in [9.17, 15) is 9.90 Å². The van der Waals surface area contributed by atoms with E-state index in [4.69, 9.17) is 4.74 Å². The Morgan fingerprint density at radius 3 is 2.17 bits per heavy atom. The molecular formula is C25H36O3S. The van der Waals surface area contributed by atoms with Crippen molar-refractivity contribution in [1.29, 1.82) is 0 Å². The summed E-state index contributed by atoms with van der Waals surface area (Å²) in [6.45, 7) is 16.4. The summed E-state index contributed by atoms with van der Waals surface area (Å²) in [5.41, 5.74) is 3.06. The summed E-state index contributed by atoms with van der Waals surface area (Å²) in [5, 5.41) is 10.3. The van der Waals surface area contributed by atoms with Crippen LogP contribution in [0.3, 0.4) is 0 Å². The van der Waals surface area contributed by atoms with Crippen LogP contribution in [0.25, 0.3) is 0 Å². The van der Waals surface area contributed by atoms with Gasteiger partial charge < -0.3 is 9.84 Å². The number of aliphatic hydroxyl groups excluding tert-OH is 1. The van der Waals surface area contributed by atoms with Crippen molar-refractivity contribution in [3.05, 3.63) is 50.7 Å². The Morgan fingerprint density at radius 2 is 1.72 bits per heavy atom. The number of aryl methyl sites for hydroxylation is 2. The van der Waals surface area contributed by atoms with E-state index >= 15 is 0 Å². The Kier molecular flexibility index (Phi) is 7.34. The molecule has 0 radical (unpaired) electrons. The molecule has 0 fully saturated rings. The summed E-state index contributed by atoms with van der Waals surface area (Å²) in [4.78, 5) is 14.1. The Bertz CT molecular complexity index is 853. The maximum Gasteiger partial charge on any atom is 0.169 e. The van der Waals surface area contributed by atoms with Gasteiger partial charge in [0.15, 0.2) is 5.78 Å². The van der Waals surface area contributed by atoms with Gasteiger partial charge in [-0.15, -0.1) is 11.3 Å². The highest BCUT2D eigenvalue weighted by molar-refractivity contribution is 7.14. The fourth-order valence-corrected chi connectivity index (χ4v) is 5.17. The molecule has 4 heteroatoms. The van der Waals surface area contributed by atoms with Crippen molar-refractivity contribution >= 4 is 17.1 Å². The minimum Gasteiger partial charge on any atom is -0.491 e. The van der Waals surface area contributed by atoms with Gasteiger partial charge in [0, 0.05) is 10.3 Å². The Balaban J connectivity index is 2.38. The van der Waals surface area contributed by atoms with Gasteiger partial charge in [0.05, 0.1) is 11.0 Å². The molecule has 0 spiro atoms. The van der Waals surface area contributed by atoms with E-state index in [1.165, 1.54) is 10.4 Å². The number of hydrogen-bond acceptors (Lipinski definition) is 4. The zero-order chi connectivity index (χ0) is 22.0. The van der Waals surface area contributed by atoms with Gasteiger partial charge in [-0.1, -0.05) is 46.8 Å². The number of ether oxygens (including phenoxy) is 1. The maximum absolute atomic E-state index is 12.0. The number of carbonyl (C=O) groups excluding carboxylic acids is 1. The summed E-state index contributed by atoms with van der Waals surface area (Å²) in [6, 6.07) is 8.55. The highest BCUT2D eigenvalue weighted by Crippen LogP contribution is 2.44. The number of Topliss-reactive ketones (excluding diaryl/α,β-unsaturated/α-hetero) is 1. The number of ketones is 1. The normalized spacial score (nSPS) is 13.4. The molecule has 0 saturated carbocycles. The minimum absolute atomic E-state index is 0.114. The van der Waals surface area contributed by atoms with Crippen molar-refractivity contribution in [3.63, 3.8) is 0 Å². The zero-order valence-electron chi connectivity index (χ0n) is 19.2. The molecule has 1 heterocycles. The van der Waals surface area contributed by atoms with Crippen LogP contribution in [-0.2, 0) is 5.41 Å². The summed E-state index contributed by atoms with van der Waals surface area (Å²) < 4.78 is 5.93. The third-order valence-electron chi connectivity index (χ3n) is 6.04. The van der Waals surface area contributed by atoms with Gasteiger partial charge in [0.2, 0.25) is 0 Å². The second-order valence-corrected chi connectivity index (χ2v) is 10.2. The highest BCUT2D eigenvalue weighted by Gasteiger charge is 2.34. The lowest BCUT2D eigenvalue weighted by Gasteiger charge is -2.32. The molecule has 2 rings (SSSR count). The van der Waals surface area contributed by atoms with Crippen molar-refractivity contribution in [2.75, 3.05) is 6.61 Å². The molecular weight excluding hydrogens is 380 g/mol. The van der Waals surface area contributed by atoms with E-state index in [0.29, 0.717) is 0 Å². The molecule has 2 aromatic rings. The van der Waals surface area contributed by atoms with Crippen LogP contribution in [-0.4, -0.2) is 23.6 Å². The average molecular weight is 417 g/mol. The van der Waals surface area contributed by atoms with Crippen LogP contribution in [0, 0.1) is 19.3 Å². The van der Waals surface area contributed by atoms with Crippen molar-refractivity contribution in [3.8, 4) is 5.75 Å². The van der Waals surface area contributed by atoms with Crippen molar-refractivity contribution in [2.24, 2.45) is 5.41 Å². The van der Waals surface area contributed by atoms with Crippen LogP contribution >= 0.6 is 11.3 Å². The average Bonchev–Trinajstić information content (AvgIpc) is 3.04. The molecule has 1 unspecified atom stereocenters. The molecule has 0 aliphatic rings. The molecule has 0 aliphatic carbocycles. The van der Waals surface area contributed by atoms with E-state index in [2.05, 4.69) is 39.0 Å². The summed E-state index contributed by atoms with van der Waals surface area (Å²) in [6.07, 6.45) is 1.40. The molecule has 3 nitrogen and oxygen atoms in total. The van der Waals surface area contributed by atoms with Gasteiger partial charge in [-0.2, -0.15) is 0 Å². The first-order chi connectivity index (χ1) is 13.5. The standard InChI is InChI=1S/C25H36O3S/c1-9-25(10-2,22-14-17(4)23(29-22)18(5)26)19-11-12-20(16(3)13-19)28-15-21(27)24(6,7)8/h11-14,21,27H,9-10,15H2,1-8H3. The number of carbonyl (C=O) groups is 1. The molecule has 0 saturated heterocycles. The van der Waals surface area contributed by atoms with Gasteiger partial charge >= 0.3 is 0 Å². The second-order valence-electron chi connectivity index (χ2n) is 9.14. The first kappa shape index (κ1) is 23.6. The third kappa shape index (κ3) is 4.92. The first-order valence-corrected chi connectivity index (χ1v) is 11.3. The highest BCUT2D eigenvalue weighted by atomic mass is 32.1. The molecule has 160 valence electrons. The van der Waals surface area contributed by atoms with Crippen molar-refractivity contribution < 1.29 is 14.6 Å². The molecule has 29 heavy (non-hydrogen) atoms. The van der Waals surface area contributed by atoms with E-state index in [1.54, 1.807) is 18.3 Å². The molecule has 1 atom stereocenters. The SMILES string of the molecule is CCC(CC)(c1ccc(OCC(O)C(C)(C)C)c(C)c1)c1cc(C)c(C(C)=O)s1. The predicted octanol–water partition coefficient (Wildman–Crippen LogP) is 6.46. The largest absolute Gasteiger partial charge is 0.491 e. The number of rotatable bonds is 8. The topological polar surface area (TPSA) is 46.5 Å². The molecule has 0 bridgehead atoms. The lowest BCUT2D eigenvalue weighted by Crippen LogP contribution is -2.32. The molecule has 1 aromatic carbocycles. The van der Waals surface area contributed by atoms with Crippen molar-refractivity contribution in [1.82, 2.24) is 0 Å². The van der Waals surface area contributed by atoms with Crippen molar-refractivity contribution in [2.45, 2.75) is 79.8 Å². The van der Waals surface area contributed by atoms with Gasteiger partial charge in [-0.05, 0) is 67.9 Å². The third-order valence-corrected chi connectivity index (χ3v) is 7.58. The fourth-order valence-electron chi connectivity index (χ4n) is 3.74. The molecule has 0 amide bonds. The van der Waals surface area contributed by atoms with Gasteiger partial charge in [-0.3, -0.25) is 4.79 Å². The van der Waals surface area contributed by atoms with Crippen LogP contribution in [0.5, 0.6) is 5.75 Å². The predicted molar refractivity (Wildman–Crippen MR) is 123 cm³/mol. The zero-order valence-corrected chi connectivity index (χ0v) is 20.0. The van der Waals surface area contributed by atoms with Crippen LogP contribution in [0.15, 0.2) is 24.3 Å².